The van der Waals surface area contributed by atoms with Gasteiger partial charge in [0.15, 0.2) is 0 Å². The average Bonchev–Trinajstić information content (AvgIpc) is 2.72. The Morgan fingerprint density at radius 1 is 1.39 bits per heavy atom. The Bertz CT molecular complexity index is 420. The average molecular weight is 274 g/mol. The van der Waals surface area contributed by atoms with Crippen molar-refractivity contribution in [1.82, 2.24) is 20.2 Å². The van der Waals surface area contributed by atoms with Crippen LogP contribution in [-0.4, -0.2) is 51.1 Å². The molecule has 0 aromatic carbocycles. The van der Waals surface area contributed by atoms with Crippen molar-refractivity contribution in [2.24, 2.45) is 0 Å². The monoisotopic (exact) mass is 274 g/mol. The molecule has 18 heavy (non-hydrogen) atoms. The molecule has 0 unspecified atom stereocenters. The summed E-state index contributed by atoms with van der Waals surface area (Å²) in [4.78, 5) is 22.4. The second-order valence-electron chi connectivity index (χ2n) is 3.52. The van der Waals surface area contributed by atoms with Gasteiger partial charge in [-0.3, -0.25) is 9.59 Å². The maximum Gasteiger partial charge on any atom is 0.327 e. The molecule has 0 spiro atoms. The molecule has 0 saturated heterocycles. The number of carbonyl (C=O) groups is 2. The molecule has 8 nitrogen and oxygen atoms in total. The number of nitrogens with zero attached hydrogens (tertiary/aromatic N) is 4. The van der Waals surface area contributed by atoms with Gasteiger partial charge >= 0.3 is 11.9 Å². The summed E-state index contributed by atoms with van der Waals surface area (Å²) in [6.07, 6.45) is -0.163. The molecule has 0 N–H and O–H groups in total. The van der Waals surface area contributed by atoms with E-state index < -0.39 is 5.97 Å². The summed E-state index contributed by atoms with van der Waals surface area (Å²) in [5.41, 5.74) is 0. The summed E-state index contributed by atoms with van der Waals surface area (Å²) in [6, 6.07) is 0. The Kier molecular flexibility index (Phi) is 5.56. The molecule has 0 bridgehead atoms. The van der Waals surface area contributed by atoms with Crippen LogP contribution in [0.4, 0.5) is 0 Å². The third kappa shape index (κ3) is 4.70. The number of methoxy groups -OCH3 is 1. The molecular formula is C9H14N4O4S. The van der Waals surface area contributed by atoms with E-state index in [2.05, 4.69) is 20.3 Å². The normalized spacial score (nSPS) is 10.4. The van der Waals surface area contributed by atoms with Gasteiger partial charge in [-0.15, -0.1) is 5.10 Å². The molecule has 1 heterocycles. The molecule has 0 atom stereocenters. The van der Waals surface area contributed by atoms with E-state index in [1.807, 2.05) is 0 Å². The number of tetrazole rings is 1. The first kappa shape index (κ1) is 14.4. The minimum atomic E-state index is -0.464. The van der Waals surface area contributed by atoms with E-state index >= 15 is 0 Å². The summed E-state index contributed by atoms with van der Waals surface area (Å²) in [6.45, 7) is 3.44. The van der Waals surface area contributed by atoms with Crippen LogP contribution in [0.2, 0.25) is 0 Å². The van der Waals surface area contributed by atoms with E-state index in [4.69, 9.17) is 4.74 Å². The van der Waals surface area contributed by atoms with Gasteiger partial charge < -0.3 is 9.47 Å². The van der Waals surface area contributed by atoms with Crippen molar-refractivity contribution in [3.8, 4) is 0 Å². The molecule has 0 aliphatic heterocycles. The van der Waals surface area contributed by atoms with Crippen LogP contribution in [0.15, 0.2) is 5.16 Å². The first-order valence-corrected chi connectivity index (χ1v) is 6.16. The fraction of sp³-hybridized carbons (Fsp3) is 0.667. The lowest BCUT2D eigenvalue weighted by molar-refractivity contribution is -0.144. The van der Waals surface area contributed by atoms with Crippen LogP contribution in [-0.2, 0) is 25.6 Å². The Labute approximate surface area is 108 Å². The van der Waals surface area contributed by atoms with Crippen LogP contribution in [0, 0.1) is 0 Å². The highest BCUT2D eigenvalue weighted by Gasteiger charge is 2.14. The zero-order valence-corrected chi connectivity index (χ0v) is 11.1. The van der Waals surface area contributed by atoms with E-state index in [0.29, 0.717) is 5.16 Å². The molecule has 1 aromatic rings. The predicted molar refractivity (Wildman–Crippen MR) is 61.8 cm³/mol. The molecule has 0 amide bonds. The number of carbonyl (C=O) groups excluding carboxylic acids is 2. The lowest BCUT2D eigenvalue weighted by atomic mass is 10.5. The number of aromatic nitrogens is 4. The number of thioether (sulfide) groups is 1. The summed E-state index contributed by atoms with van der Waals surface area (Å²) in [5, 5.41) is 11.1. The molecular weight excluding hydrogens is 260 g/mol. The maximum absolute atomic E-state index is 11.3. The first-order chi connectivity index (χ1) is 8.52. The van der Waals surface area contributed by atoms with E-state index in [-0.39, 0.29) is 24.4 Å². The molecule has 9 heteroatoms. The van der Waals surface area contributed by atoms with Crippen LogP contribution in [0.25, 0.3) is 0 Å². The predicted octanol–water partition coefficient (Wildman–Crippen LogP) is -0.110. The summed E-state index contributed by atoms with van der Waals surface area (Å²) >= 11 is 1.10. The smallest absolute Gasteiger partial charge is 0.327 e. The third-order valence-corrected chi connectivity index (χ3v) is 2.62. The number of rotatable bonds is 6. The van der Waals surface area contributed by atoms with Gasteiger partial charge in [0, 0.05) is 0 Å². The minimum Gasteiger partial charge on any atom is -0.468 e. The molecule has 100 valence electrons. The van der Waals surface area contributed by atoms with Gasteiger partial charge in [-0.1, -0.05) is 11.8 Å². The summed E-state index contributed by atoms with van der Waals surface area (Å²) < 4.78 is 10.7. The van der Waals surface area contributed by atoms with Gasteiger partial charge in [0.25, 0.3) is 0 Å². The second-order valence-corrected chi connectivity index (χ2v) is 4.47. The molecule has 0 aliphatic rings. The Morgan fingerprint density at radius 2 is 2.11 bits per heavy atom. The van der Waals surface area contributed by atoms with Gasteiger partial charge in [0.05, 0.1) is 19.0 Å². The van der Waals surface area contributed by atoms with Crippen molar-refractivity contribution >= 4 is 23.7 Å². The van der Waals surface area contributed by atoms with E-state index in [9.17, 15) is 9.59 Å². The lowest BCUT2D eigenvalue weighted by Crippen LogP contribution is -2.16. The SMILES string of the molecule is COC(=O)Cn1nnnc1SCC(=O)OC(C)C. The molecule has 0 aliphatic carbocycles. The molecule has 0 saturated carbocycles. The van der Waals surface area contributed by atoms with E-state index in [1.165, 1.54) is 11.8 Å². The quantitative estimate of drug-likeness (QED) is 0.523. The van der Waals surface area contributed by atoms with Crippen molar-refractivity contribution in [3.63, 3.8) is 0 Å². The van der Waals surface area contributed by atoms with Crippen LogP contribution in [0.3, 0.4) is 0 Å². The maximum atomic E-state index is 11.3. The highest BCUT2D eigenvalue weighted by atomic mass is 32.2. The largest absolute Gasteiger partial charge is 0.468 e. The van der Waals surface area contributed by atoms with Crippen molar-refractivity contribution in [2.75, 3.05) is 12.9 Å². The van der Waals surface area contributed by atoms with Gasteiger partial charge in [0.1, 0.15) is 6.54 Å². The van der Waals surface area contributed by atoms with E-state index in [0.717, 1.165) is 11.8 Å². The van der Waals surface area contributed by atoms with Crippen LogP contribution >= 0.6 is 11.8 Å². The van der Waals surface area contributed by atoms with Gasteiger partial charge in [-0.05, 0) is 24.3 Å². The lowest BCUT2D eigenvalue weighted by Gasteiger charge is -2.07. The van der Waals surface area contributed by atoms with Gasteiger partial charge in [-0.25, -0.2) is 4.68 Å². The first-order valence-electron chi connectivity index (χ1n) is 5.18. The van der Waals surface area contributed by atoms with Crippen molar-refractivity contribution in [2.45, 2.75) is 31.7 Å². The Balaban J connectivity index is 2.50. The zero-order valence-electron chi connectivity index (χ0n) is 10.3. The van der Waals surface area contributed by atoms with Crippen LogP contribution in [0.1, 0.15) is 13.8 Å². The van der Waals surface area contributed by atoms with Crippen molar-refractivity contribution in [3.05, 3.63) is 0 Å². The number of ether oxygens (including phenoxy) is 2. The third-order valence-electron chi connectivity index (χ3n) is 1.69. The number of esters is 2. The number of hydrogen-bond donors (Lipinski definition) is 0. The Hall–Kier alpha value is -1.64. The zero-order chi connectivity index (χ0) is 13.5. The summed E-state index contributed by atoms with van der Waals surface area (Å²) in [5.74, 6) is -0.740. The molecule has 1 aromatic heterocycles. The molecule has 1 rings (SSSR count). The fourth-order valence-electron chi connectivity index (χ4n) is 1.01. The minimum absolute atomic E-state index is 0.0831. The fourth-order valence-corrected chi connectivity index (χ4v) is 1.67. The van der Waals surface area contributed by atoms with E-state index in [1.54, 1.807) is 13.8 Å². The molecule has 0 fully saturated rings. The van der Waals surface area contributed by atoms with Gasteiger partial charge in [-0.2, -0.15) is 0 Å². The van der Waals surface area contributed by atoms with Crippen LogP contribution < -0.4 is 0 Å². The highest BCUT2D eigenvalue weighted by molar-refractivity contribution is 7.99. The molecule has 0 radical (unpaired) electrons. The Morgan fingerprint density at radius 3 is 2.72 bits per heavy atom. The van der Waals surface area contributed by atoms with Gasteiger partial charge in [0.2, 0.25) is 5.16 Å². The van der Waals surface area contributed by atoms with Crippen molar-refractivity contribution in [1.29, 1.82) is 0 Å². The number of hydrogen-bond acceptors (Lipinski definition) is 8. The topological polar surface area (TPSA) is 96.2 Å². The van der Waals surface area contributed by atoms with Crippen LogP contribution in [0.5, 0.6) is 0 Å². The highest BCUT2D eigenvalue weighted by Crippen LogP contribution is 2.14. The second kappa shape index (κ2) is 6.94. The standard InChI is InChI=1S/C9H14N4O4S/c1-6(2)17-8(15)5-18-9-10-11-12-13(9)4-7(14)16-3/h6H,4-5H2,1-3H3. The van der Waals surface area contributed by atoms with Crippen molar-refractivity contribution < 1.29 is 19.1 Å². The summed E-state index contributed by atoms with van der Waals surface area (Å²) in [7, 11) is 1.28.